The quantitative estimate of drug-likeness (QED) is 0.378. The molecule has 2 aromatic carbocycles. The van der Waals surface area contributed by atoms with Gasteiger partial charge in [0, 0.05) is 37.6 Å². The number of rotatable bonds is 9. The van der Waals surface area contributed by atoms with Crippen LogP contribution in [-0.2, 0) is 19.4 Å². The largest absolute Gasteiger partial charge is 0.497 e. The van der Waals surface area contributed by atoms with Gasteiger partial charge < -0.3 is 9.47 Å². The molecule has 1 aliphatic rings. The third-order valence-corrected chi connectivity index (χ3v) is 8.89. The van der Waals surface area contributed by atoms with Crippen LogP contribution in [0.1, 0.15) is 12.0 Å². The fourth-order valence-corrected chi connectivity index (χ4v) is 6.60. The molecule has 3 aromatic rings. The fraction of sp³-hybridized carbons (Fsp3) is 0.417. The maximum Gasteiger partial charge on any atom is 0.229 e. The van der Waals surface area contributed by atoms with Crippen molar-refractivity contribution < 1.29 is 22.7 Å². The Labute approximate surface area is 226 Å². The van der Waals surface area contributed by atoms with Gasteiger partial charge in [0.1, 0.15) is 5.75 Å². The number of anilines is 1. The second-order valence-electron chi connectivity index (χ2n) is 8.31. The van der Waals surface area contributed by atoms with Crippen LogP contribution in [0.2, 0.25) is 5.02 Å². The Morgan fingerprint density at radius 1 is 1.22 bits per heavy atom. The predicted molar refractivity (Wildman–Crippen MR) is 146 cm³/mol. The van der Waals surface area contributed by atoms with Gasteiger partial charge in [-0.1, -0.05) is 22.9 Å². The minimum absolute atomic E-state index is 0. The van der Waals surface area contributed by atoms with E-state index >= 15 is 0 Å². The molecular formula is C24H29Cl2N3O5S2. The molecule has 0 saturated carbocycles. The van der Waals surface area contributed by atoms with Gasteiger partial charge in [-0.3, -0.25) is 14.6 Å². The van der Waals surface area contributed by atoms with Gasteiger partial charge in [-0.05, 0) is 48.9 Å². The van der Waals surface area contributed by atoms with Crippen LogP contribution in [-0.4, -0.2) is 76.5 Å². The summed E-state index contributed by atoms with van der Waals surface area (Å²) in [7, 11) is -2.11. The van der Waals surface area contributed by atoms with Crippen molar-refractivity contribution >= 4 is 66.4 Å². The lowest BCUT2D eigenvalue weighted by Crippen LogP contribution is -2.43. The Bertz CT molecular complexity index is 1290. The summed E-state index contributed by atoms with van der Waals surface area (Å²) in [5.41, 5.74) is 1.72. The minimum atomic E-state index is -3.63. The molecule has 0 bridgehead atoms. The van der Waals surface area contributed by atoms with Gasteiger partial charge in [0.05, 0.1) is 41.2 Å². The van der Waals surface area contributed by atoms with Crippen LogP contribution in [0.25, 0.3) is 10.2 Å². The summed E-state index contributed by atoms with van der Waals surface area (Å²) < 4.78 is 37.1. The summed E-state index contributed by atoms with van der Waals surface area (Å²) in [6.45, 7) is 5.90. The number of hydrogen-bond donors (Lipinski definition) is 0. The monoisotopic (exact) mass is 573 g/mol. The maximum absolute atomic E-state index is 13.4. The number of aryl methyl sites for hydroxylation is 1. The van der Waals surface area contributed by atoms with Gasteiger partial charge in [0.15, 0.2) is 15.0 Å². The lowest BCUT2D eigenvalue weighted by atomic mass is 10.2. The number of sulfone groups is 1. The van der Waals surface area contributed by atoms with Crippen molar-refractivity contribution in [2.24, 2.45) is 0 Å². The van der Waals surface area contributed by atoms with Crippen LogP contribution in [0.15, 0.2) is 41.3 Å². The van der Waals surface area contributed by atoms with Gasteiger partial charge in [0.25, 0.3) is 0 Å². The predicted octanol–water partition coefficient (Wildman–Crippen LogP) is 4.22. The molecule has 1 amide bonds. The molecule has 0 spiro atoms. The van der Waals surface area contributed by atoms with E-state index in [9.17, 15) is 13.2 Å². The first kappa shape index (κ1) is 28.6. The Morgan fingerprint density at radius 3 is 2.58 bits per heavy atom. The number of nitrogens with zero attached hydrogens (tertiary/aromatic N) is 3. The molecule has 0 aliphatic carbocycles. The van der Waals surface area contributed by atoms with Crippen LogP contribution >= 0.6 is 35.3 Å². The van der Waals surface area contributed by atoms with E-state index in [1.807, 2.05) is 19.1 Å². The lowest BCUT2D eigenvalue weighted by Gasteiger charge is -2.29. The van der Waals surface area contributed by atoms with Crippen molar-refractivity contribution in [2.45, 2.75) is 18.2 Å². The summed E-state index contributed by atoms with van der Waals surface area (Å²) in [5.74, 6) is 0.000747. The van der Waals surface area contributed by atoms with Crippen molar-refractivity contribution in [3.05, 3.63) is 47.0 Å². The van der Waals surface area contributed by atoms with Crippen molar-refractivity contribution in [3.8, 4) is 5.75 Å². The number of thiazole rings is 1. The molecule has 8 nitrogen and oxygen atoms in total. The highest BCUT2D eigenvalue weighted by molar-refractivity contribution is 7.91. The van der Waals surface area contributed by atoms with E-state index in [1.165, 1.54) is 30.6 Å². The van der Waals surface area contributed by atoms with Gasteiger partial charge in [-0.2, -0.15) is 0 Å². The van der Waals surface area contributed by atoms with Gasteiger partial charge in [0.2, 0.25) is 5.91 Å². The van der Waals surface area contributed by atoms with Crippen molar-refractivity contribution in [2.75, 3.05) is 57.2 Å². The molecule has 1 fully saturated rings. The molecule has 1 aromatic heterocycles. The average molecular weight is 575 g/mol. The highest BCUT2D eigenvalue weighted by Crippen LogP contribution is 2.33. The van der Waals surface area contributed by atoms with Crippen LogP contribution in [0.5, 0.6) is 5.75 Å². The number of aromatic nitrogens is 1. The molecule has 1 saturated heterocycles. The van der Waals surface area contributed by atoms with E-state index in [2.05, 4.69) is 4.90 Å². The number of carbonyl (C=O) groups is 1. The Hall–Kier alpha value is -1.95. The highest BCUT2D eigenvalue weighted by Gasteiger charge is 2.25. The standard InChI is InChI=1S/C24H28ClN3O5S2.ClH/c1-17-15-18(25)16-21-23(17)26-24(34-21)28(9-8-27-10-12-33-13-11-27)22(29)7-14-35(30,31)20-5-3-19(32-2)4-6-20;/h3-6,15-16H,7-14H2,1-2H3;1H. The Morgan fingerprint density at radius 2 is 1.92 bits per heavy atom. The molecule has 196 valence electrons. The number of hydrogen-bond acceptors (Lipinski definition) is 8. The van der Waals surface area contributed by atoms with Crippen LogP contribution in [0, 0.1) is 6.92 Å². The van der Waals surface area contributed by atoms with Crippen LogP contribution in [0.4, 0.5) is 5.13 Å². The fourth-order valence-electron chi connectivity index (χ4n) is 3.91. The number of ether oxygens (including phenoxy) is 2. The third-order valence-electron chi connectivity index (χ3n) is 5.92. The summed E-state index contributed by atoms with van der Waals surface area (Å²) in [6.07, 6.45) is -0.146. The van der Waals surface area contributed by atoms with Gasteiger partial charge >= 0.3 is 0 Å². The smallest absolute Gasteiger partial charge is 0.229 e. The topological polar surface area (TPSA) is 89.0 Å². The zero-order valence-corrected chi connectivity index (χ0v) is 23.3. The number of fused-ring (bicyclic) bond motifs is 1. The molecule has 0 radical (unpaired) electrons. The minimum Gasteiger partial charge on any atom is -0.497 e. The Kier molecular flexibility index (Phi) is 9.96. The van der Waals surface area contributed by atoms with E-state index < -0.39 is 9.84 Å². The van der Waals surface area contributed by atoms with Crippen LogP contribution < -0.4 is 9.64 Å². The number of amides is 1. The van der Waals surface area contributed by atoms with Gasteiger partial charge in [-0.25, -0.2) is 13.4 Å². The number of carbonyl (C=O) groups excluding carboxylic acids is 1. The van der Waals surface area contributed by atoms with E-state index in [4.69, 9.17) is 26.1 Å². The Balaban J connectivity index is 0.00000361. The summed E-state index contributed by atoms with van der Waals surface area (Å²) >= 11 is 7.61. The van der Waals surface area contributed by atoms with Crippen molar-refractivity contribution in [3.63, 3.8) is 0 Å². The molecule has 1 aliphatic heterocycles. The SMILES string of the molecule is COc1ccc(S(=O)(=O)CCC(=O)N(CCN2CCOCC2)c2nc3c(C)cc(Cl)cc3s2)cc1.Cl. The molecule has 0 unspecified atom stereocenters. The first-order chi connectivity index (χ1) is 16.8. The van der Waals surface area contributed by atoms with E-state index in [0.717, 1.165) is 28.9 Å². The molecule has 0 N–H and O–H groups in total. The first-order valence-electron chi connectivity index (χ1n) is 11.3. The zero-order valence-electron chi connectivity index (χ0n) is 20.1. The molecule has 36 heavy (non-hydrogen) atoms. The van der Waals surface area contributed by atoms with Crippen molar-refractivity contribution in [1.29, 1.82) is 0 Å². The average Bonchev–Trinajstić information content (AvgIpc) is 3.27. The number of morpholine rings is 1. The van der Waals surface area contributed by atoms with Crippen molar-refractivity contribution in [1.82, 2.24) is 9.88 Å². The second kappa shape index (κ2) is 12.5. The maximum atomic E-state index is 13.4. The summed E-state index contributed by atoms with van der Waals surface area (Å²) in [4.78, 5) is 22.1. The second-order valence-corrected chi connectivity index (χ2v) is 11.9. The van der Waals surface area contributed by atoms with E-state index in [0.29, 0.717) is 42.2 Å². The highest BCUT2D eigenvalue weighted by atomic mass is 35.5. The molecule has 12 heteroatoms. The number of benzene rings is 2. The van der Waals surface area contributed by atoms with E-state index in [1.54, 1.807) is 17.0 Å². The molecular weight excluding hydrogens is 545 g/mol. The van der Waals surface area contributed by atoms with E-state index in [-0.39, 0.29) is 35.4 Å². The zero-order chi connectivity index (χ0) is 25.0. The third kappa shape index (κ3) is 6.87. The molecule has 0 atom stereocenters. The normalized spacial score (nSPS) is 14.4. The lowest BCUT2D eigenvalue weighted by molar-refractivity contribution is -0.118. The summed E-state index contributed by atoms with van der Waals surface area (Å²) in [5, 5.41) is 1.16. The summed E-state index contributed by atoms with van der Waals surface area (Å²) in [6, 6.07) is 9.86. The first-order valence-corrected chi connectivity index (χ1v) is 14.2. The molecule has 2 heterocycles. The number of halogens is 2. The van der Waals surface area contributed by atoms with Gasteiger partial charge in [-0.15, -0.1) is 12.4 Å². The number of methoxy groups -OCH3 is 1. The van der Waals surface area contributed by atoms with Crippen LogP contribution in [0.3, 0.4) is 0 Å². The molecule has 4 rings (SSSR count).